The summed E-state index contributed by atoms with van der Waals surface area (Å²) in [5.74, 6) is 0.156. The molecule has 1 amide bonds. The lowest BCUT2D eigenvalue weighted by Gasteiger charge is -2.35. The molecule has 6 heterocycles. The number of nitrogens with zero attached hydrogens (tertiary/aromatic N) is 5. The molecule has 0 saturated carbocycles. The van der Waals surface area contributed by atoms with Crippen molar-refractivity contribution in [1.29, 1.82) is 0 Å². The number of aromatic hydroxyl groups is 1. The number of terminal acetylenes is 1. The van der Waals surface area contributed by atoms with Crippen LogP contribution in [0.2, 0.25) is 0 Å². The summed E-state index contributed by atoms with van der Waals surface area (Å²) in [5.41, 5.74) is -1.38. The molecular formula is C35H34F3N7O3. The highest BCUT2D eigenvalue weighted by Crippen LogP contribution is 2.43. The van der Waals surface area contributed by atoms with Crippen molar-refractivity contribution in [3.8, 4) is 35.4 Å². The molecule has 0 spiro atoms. The molecule has 2 aromatic heterocycles. The van der Waals surface area contributed by atoms with Crippen LogP contribution >= 0.6 is 0 Å². The van der Waals surface area contributed by atoms with Gasteiger partial charge in [-0.05, 0) is 55.8 Å². The highest BCUT2D eigenvalue weighted by molar-refractivity contribution is 6.11. The fourth-order valence-corrected chi connectivity index (χ4v) is 8.26. The maximum Gasteiger partial charge on any atom is 0.319 e. The normalized spacial score (nSPS) is 25.1. The van der Waals surface area contributed by atoms with Crippen LogP contribution in [0.5, 0.6) is 11.8 Å². The molecule has 248 valence electrons. The number of ether oxygens (including phenoxy) is 1. The van der Waals surface area contributed by atoms with E-state index < -0.39 is 29.3 Å². The number of phenolic OH excluding ortho intramolecular Hbond substituents is 1. The highest BCUT2D eigenvalue weighted by atomic mass is 19.1. The number of fused-ring (bicyclic) bond motifs is 5. The summed E-state index contributed by atoms with van der Waals surface area (Å²) in [6.07, 6.45) is 8.68. The second-order valence-electron chi connectivity index (χ2n) is 13.3. The first-order valence-corrected chi connectivity index (χ1v) is 16.3. The Morgan fingerprint density at radius 2 is 1.96 bits per heavy atom. The first-order valence-electron chi connectivity index (χ1n) is 16.3. The minimum Gasteiger partial charge on any atom is -0.508 e. The molecule has 8 rings (SSSR count). The number of nitrogens with one attached hydrogen (secondary N) is 2. The number of carbonyl (C=O) groups is 1. The van der Waals surface area contributed by atoms with Crippen LogP contribution in [0.3, 0.4) is 0 Å². The number of hydrogen-bond acceptors (Lipinski definition) is 9. The van der Waals surface area contributed by atoms with Gasteiger partial charge in [0.05, 0.1) is 16.5 Å². The molecule has 4 aliphatic rings. The van der Waals surface area contributed by atoms with Crippen molar-refractivity contribution in [3.05, 3.63) is 47.2 Å². The number of pyridine rings is 1. The molecule has 4 saturated heterocycles. The fraction of sp³-hybridized carbons (Fsp3) is 0.429. The molecule has 2 unspecified atom stereocenters. The Labute approximate surface area is 274 Å². The van der Waals surface area contributed by atoms with Gasteiger partial charge < -0.3 is 25.4 Å². The molecule has 4 aliphatic heterocycles. The van der Waals surface area contributed by atoms with Crippen molar-refractivity contribution in [3.63, 3.8) is 0 Å². The van der Waals surface area contributed by atoms with Crippen LogP contribution in [0.25, 0.3) is 32.9 Å². The van der Waals surface area contributed by atoms with E-state index in [9.17, 15) is 18.7 Å². The summed E-state index contributed by atoms with van der Waals surface area (Å²) in [4.78, 5) is 31.5. The summed E-state index contributed by atoms with van der Waals surface area (Å²) in [6.45, 7) is 2.35. The predicted octanol–water partition coefficient (Wildman–Crippen LogP) is 4.07. The lowest BCUT2D eigenvalue weighted by Crippen LogP contribution is -2.51. The summed E-state index contributed by atoms with van der Waals surface area (Å²) >= 11 is 0. The number of hydrogen-bond donors (Lipinski definition) is 3. The minimum absolute atomic E-state index is 0.00900. The number of halogens is 3. The van der Waals surface area contributed by atoms with Crippen LogP contribution in [0, 0.1) is 24.0 Å². The topological polar surface area (TPSA) is 116 Å². The van der Waals surface area contributed by atoms with Crippen molar-refractivity contribution < 1.29 is 27.8 Å². The molecular weight excluding hydrogens is 623 g/mol. The smallest absolute Gasteiger partial charge is 0.319 e. The predicted molar refractivity (Wildman–Crippen MR) is 174 cm³/mol. The van der Waals surface area contributed by atoms with E-state index in [1.54, 1.807) is 0 Å². The standard InChI is InChI=1S/C35H34F3N7O3/c1-3-23-25(37)8-5-18-11-22(46)12-24(26(18)23)29-28(38)30-27(31(41-29)33(47)39-2)32(44-15-20-6-7-21(16-44)40-20)43-34(42-30)48-17-35-9-4-10-45(35)14-19(36)13-35/h1,5,8,11-12,19-21,40,46H,4,6-7,9-10,13-17H2,2H3,(H,39,47)/t19-,20?,21?,35+/m1/s1. The van der Waals surface area contributed by atoms with Gasteiger partial charge in [0.2, 0.25) is 0 Å². The Hall–Kier alpha value is -4.67. The quantitative estimate of drug-likeness (QED) is 0.264. The van der Waals surface area contributed by atoms with E-state index in [4.69, 9.17) is 16.1 Å². The average Bonchev–Trinajstić information content (AvgIpc) is 3.73. The zero-order valence-electron chi connectivity index (χ0n) is 26.3. The van der Waals surface area contributed by atoms with Crippen LogP contribution in [0.15, 0.2) is 24.3 Å². The molecule has 4 aromatic rings. The molecule has 4 fully saturated rings. The first kappa shape index (κ1) is 30.7. The second kappa shape index (κ2) is 11.5. The Bertz CT molecular complexity index is 2030. The minimum atomic E-state index is -0.964. The number of aromatic nitrogens is 3. The number of carbonyl (C=O) groups excluding carboxylic acids is 1. The summed E-state index contributed by atoms with van der Waals surface area (Å²) < 4.78 is 52.9. The van der Waals surface area contributed by atoms with Crippen LogP contribution in [0.4, 0.5) is 19.0 Å². The zero-order chi connectivity index (χ0) is 33.3. The number of benzene rings is 2. The molecule has 2 aromatic carbocycles. The van der Waals surface area contributed by atoms with Gasteiger partial charge in [-0.25, -0.2) is 18.2 Å². The van der Waals surface area contributed by atoms with Crippen molar-refractivity contribution in [1.82, 2.24) is 30.5 Å². The van der Waals surface area contributed by atoms with Gasteiger partial charge in [-0.1, -0.05) is 12.0 Å². The Kier molecular flexibility index (Phi) is 7.34. The monoisotopic (exact) mass is 657 g/mol. The summed E-state index contributed by atoms with van der Waals surface area (Å²) in [5, 5.41) is 17.4. The number of alkyl halides is 1. The maximum atomic E-state index is 17.1. The number of anilines is 1. The van der Waals surface area contributed by atoms with E-state index in [-0.39, 0.29) is 69.3 Å². The maximum absolute atomic E-state index is 17.1. The van der Waals surface area contributed by atoms with Gasteiger partial charge in [-0.3, -0.25) is 9.69 Å². The number of phenols is 1. The second-order valence-corrected chi connectivity index (χ2v) is 13.3. The van der Waals surface area contributed by atoms with E-state index in [0.29, 0.717) is 37.3 Å². The Morgan fingerprint density at radius 3 is 2.71 bits per heavy atom. The Morgan fingerprint density at radius 1 is 1.17 bits per heavy atom. The van der Waals surface area contributed by atoms with Gasteiger partial charge in [-0.15, -0.1) is 6.42 Å². The van der Waals surface area contributed by atoms with Crippen LogP contribution < -0.4 is 20.3 Å². The summed E-state index contributed by atoms with van der Waals surface area (Å²) in [7, 11) is 1.43. The van der Waals surface area contributed by atoms with Crippen molar-refractivity contribution in [2.75, 3.05) is 44.7 Å². The number of piperazine rings is 1. The van der Waals surface area contributed by atoms with E-state index in [0.717, 1.165) is 32.2 Å². The number of amides is 1. The number of rotatable bonds is 6. The van der Waals surface area contributed by atoms with Crippen molar-refractivity contribution in [2.24, 2.45) is 0 Å². The molecule has 2 bridgehead atoms. The zero-order valence-corrected chi connectivity index (χ0v) is 26.3. The third kappa shape index (κ3) is 4.88. The molecule has 3 N–H and O–H groups in total. The molecule has 4 atom stereocenters. The lowest BCUT2D eigenvalue weighted by atomic mass is 9.95. The van der Waals surface area contributed by atoms with E-state index in [1.165, 1.54) is 31.3 Å². The van der Waals surface area contributed by atoms with E-state index >= 15 is 4.39 Å². The van der Waals surface area contributed by atoms with E-state index in [2.05, 4.69) is 31.4 Å². The molecule has 48 heavy (non-hydrogen) atoms. The lowest BCUT2D eigenvalue weighted by molar-refractivity contribution is 0.0960. The molecule has 0 aliphatic carbocycles. The van der Waals surface area contributed by atoms with Gasteiger partial charge in [0.25, 0.3) is 5.91 Å². The van der Waals surface area contributed by atoms with E-state index in [1.807, 2.05) is 4.90 Å². The van der Waals surface area contributed by atoms with Gasteiger partial charge in [0, 0.05) is 56.1 Å². The van der Waals surface area contributed by atoms with Crippen LogP contribution in [-0.2, 0) is 0 Å². The van der Waals surface area contributed by atoms with Crippen molar-refractivity contribution >= 4 is 33.4 Å². The van der Waals surface area contributed by atoms with Crippen LogP contribution in [-0.4, -0.2) is 94.5 Å². The highest BCUT2D eigenvalue weighted by Gasteiger charge is 2.49. The van der Waals surface area contributed by atoms with Gasteiger partial charge in [0.1, 0.15) is 47.1 Å². The molecule has 13 heteroatoms. The Balaban J connectivity index is 1.36. The average molecular weight is 658 g/mol. The SMILES string of the molecule is C#Cc1c(F)ccc2cc(O)cc(-c3nc(C(=O)NC)c4c(N5CC6CCC(C5)N6)nc(OC[C@@]56CCCN5C[C@H](F)C6)nc4c3F)c12. The van der Waals surface area contributed by atoms with Gasteiger partial charge >= 0.3 is 6.01 Å². The fourth-order valence-electron chi connectivity index (χ4n) is 8.26. The van der Waals surface area contributed by atoms with Gasteiger partial charge in [0.15, 0.2) is 5.82 Å². The third-order valence-corrected chi connectivity index (χ3v) is 10.4. The largest absolute Gasteiger partial charge is 0.508 e. The van der Waals surface area contributed by atoms with Crippen molar-refractivity contribution in [2.45, 2.75) is 55.9 Å². The van der Waals surface area contributed by atoms with Crippen LogP contribution in [0.1, 0.15) is 48.2 Å². The molecule has 0 radical (unpaired) electrons. The molecule has 10 nitrogen and oxygen atoms in total. The van der Waals surface area contributed by atoms with Gasteiger partial charge in [-0.2, -0.15) is 9.97 Å². The first-order chi connectivity index (χ1) is 23.2. The summed E-state index contributed by atoms with van der Waals surface area (Å²) in [6, 6.07) is 5.48. The third-order valence-electron chi connectivity index (χ3n) is 10.4.